The summed E-state index contributed by atoms with van der Waals surface area (Å²) in [6.45, 7) is 1.03. The lowest BCUT2D eigenvalue weighted by atomic mass is 10.3. The quantitative estimate of drug-likeness (QED) is 0.664. The van der Waals surface area contributed by atoms with Crippen LogP contribution in [-0.4, -0.2) is 28.2 Å². The molecule has 2 heterocycles. The molecule has 1 aromatic rings. The summed E-state index contributed by atoms with van der Waals surface area (Å²) < 4.78 is 4.66. The first-order valence-electron chi connectivity index (χ1n) is 3.54. The van der Waals surface area contributed by atoms with Gasteiger partial charge in [0.2, 0.25) is 6.39 Å². The lowest BCUT2D eigenvalue weighted by Gasteiger charge is -2.19. The number of nitrogens with one attached hydrogen (secondary N) is 1. The van der Waals surface area contributed by atoms with E-state index in [0.29, 0.717) is 0 Å². The van der Waals surface area contributed by atoms with Crippen LogP contribution in [0.5, 0.6) is 0 Å². The normalized spacial score (nSPS) is 25.3. The number of hydrogen-bond donors (Lipinski definition) is 1. The SMILES string of the molecule is c1nc(C2CSCCN2)no1. The minimum atomic E-state index is 0.285. The van der Waals surface area contributed by atoms with Gasteiger partial charge in [-0.05, 0) is 0 Å². The summed E-state index contributed by atoms with van der Waals surface area (Å²) in [5, 5.41) is 7.09. The van der Waals surface area contributed by atoms with Crippen LogP contribution in [-0.2, 0) is 0 Å². The Labute approximate surface area is 68.7 Å². The van der Waals surface area contributed by atoms with Crippen molar-refractivity contribution in [3.8, 4) is 0 Å². The fourth-order valence-electron chi connectivity index (χ4n) is 1.06. The molecule has 0 aliphatic carbocycles. The van der Waals surface area contributed by atoms with Gasteiger partial charge in [-0.25, -0.2) is 0 Å². The van der Waals surface area contributed by atoms with Gasteiger partial charge in [-0.3, -0.25) is 0 Å². The molecule has 4 nitrogen and oxygen atoms in total. The van der Waals surface area contributed by atoms with Gasteiger partial charge >= 0.3 is 0 Å². The van der Waals surface area contributed by atoms with E-state index in [9.17, 15) is 0 Å². The van der Waals surface area contributed by atoms with E-state index < -0.39 is 0 Å². The fourth-order valence-corrected chi connectivity index (χ4v) is 2.00. The maximum absolute atomic E-state index is 4.66. The predicted octanol–water partition coefficient (Wildman–Crippen LogP) is 0.447. The lowest BCUT2D eigenvalue weighted by Crippen LogP contribution is -2.30. The van der Waals surface area contributed by atoms with E-state index in [4.69, 9.17) is 0 Å². The van der Waals surface area contributed by atoms with E-state index >= 15 is 0 Å². The molecule has 5 heteroatoms. The van der Waals surface area contributed by atoms with Gasteiger partial charge in [0.05, 0.1) is 6.04 Å². The van der Waals surface area contributed by atoms with Crippen LogP contribution >= 0.6 is 11.8 Å². The molecule has 1 fully saturated rings. The largest absolute Gasteiger partial charge is 0.343 e. The average molecular weight is 171 g/mol. The zero-order valence-electron chi connectivity index (χ0n) is 5.99. The van der Waals surface area contributed by atoms with Gasteiger partial charge in [0.1, 0.15) is 0 Å². The van der Waals surface area contributed by atoms with Gasteiger partial charge in [-0.1, -0.05) is 5.16 Å². The van der Waals surface area contributed by atoms with Crippen LogP contribution in [0.2, 0.25) is 0 Å². The van der Waals surface area contributed by atoms with Crippen LogP contribution in [0.4, 0.5) is 0 Å². The highest BCUT2D eigenvalue weighted by atomic mass is 32.2. The molecule has 0 amide bonds. The first kappa shape index (κ1) is 7.12. The van der Waals surface area contributed by atoms with E-state index in [-0.39, 0.29) is 6.04 Å². The topological polar surface area (TPSA) is 51.0 Å². The van der Waals surface area contributed by atoms with Crippen LogP contribution in [0.15, 0.2) is 10.9 Å². The van der Waals surface area contributed by atoms with Crippen molar-refractivity contribution in [2.45, 2.75) is 6.04 Å². The van der Waals surface area contributed by atoms with Crippen molar-refractivity contribution in [1.82, 2.24) is 15.5 Å². The van der Waals surface area contributed by atoms with Crippen LogP contribution < -0.4 is 5.32 Å². The van der Waals surface area contributed by atoms with Crippen molar-refractivity contribution in [3.05, 3.63) is 12.2 Å². The Morgan fingerprint density at radius 3 is 3.36 bits per heavy atom. The van der Waals surface area contributed by atoms with Crippen LogP contribution in [0.3, 0.4) is 0 Å². The predicted molar refractivity (Wildman–Crippen MR) is 42.4 cm³/mol. The molecule has 1 atom stereocenters. The first-order valence-corrected chi connectivity index (χ1v) is 4.69. The maximum Gasteiger partial charge on any atom is 0.213 e. The van der Waals surface area contributed by atoms with Gasteiger partial charge < -0.3 is 9.84 Å². The number of rotatable bonds is 1. The molecular weight excluding hydrogens is 162 g/mol. The molecular formula is C6H9N3OS. The third-order valence-electron chi connectivity index (χ3n) is 1.61. The first-order chi connectivity index (χ1) is 5.47. The highest BCUT2D eigenvalue weighted by molar-refractivity contribution is 7.99. The Hall–Kier alpha value is -0.550. The molecule has 0 radical (unpaired) electrons. The van der Waals surface area contributed by atoms with Crippen molar-refractivity contribution < 1.29 is 4.52 Å². The number of aromatic nitrogens is 2. The van der Waals surface area contributed by atoms with Crippen LogP contribution in [0, 0.1) is 0 Å². The second-order valence-corrected chi connectivity index (χ2v) is 3.52. The molecule has 1 N–H and O–H groups in total. The molecule has 1 saturated heterocycles. The van der Waals surface area contributed by atoms with Crippen molar-refractivity contribution in [3.63, 3.8) is 0 Å². The second kappa shape index (κ2) is 3.23. The Bertz CT molecular complexity index is 208. The zero-order chi connectivity index (χ0) is 7.52. The summed E-state index contributed by atoms with van der Waals surface area (Å²) in [6.07, 6.45) is 1.37. The minimum absolute atomic E-state index is 0.285. The second-order valence-electron chi connectivity index (χ2n) is 2.37. The maximum atomic E-state index is 4.66. The molecule has 0 saturated carbocycles. The summed E-state index contributed by atoms with van der Waals surface area (Å²) in [7, 11) is 0. The highest BCUT2D eigenvalue weighted by Gasteiger charge is 2.18. The minimum Gasteiger partial charge on any atom is -0.343 e. The highest BCUT2D eigenvalue weighted by Crippen LogP contribution is 2.18. The standard InChI is InChI=1S/C6H9N3OS/c1-2-11-3-5(7-1)6-8-4-10-9-6/h4-5,7H,1-3H2. The summed E-state index contributed by atoms with van der Waals surface area (Å²) in [4.78, 5) is 3.99. The van der Waals surface area contributed by atoms with Crippen molar-refractivity contribution in [1.29, 1.82) is 0 Å². The molecule has 1 aromatic heterocycles. The van der Waals surface area contributed by atoms with Crippen LogP contribution in [0.1, 0.15) is 11.9 Å². The van der Waals surface area contributed by atoms with Crippen molar-refractivity contribution >= 4 is 11.8 Å². The summed E-state index contributed by atoms with van der Waals surface area (Å²) in [5.74, 6) is 2.99. The Morgan fingerprint density at radius 2 is 2.73 bits per heavy atom. The summed E-state index contributed by atoms with van der Waals surface area (Å²) in [5.41, 5.74) is 0. The third-order valence-corrected chi connectivity index (χ3v) is 2.67. The summed E-state index contributed by atoms with van der Waals surface area (Å²) in [6, 6.07) is 0.285. The van der Waals surface area contributed by atoms with E-state index in [1.807, 2.05) is 11.8 Å². The molecule has 1 aliphatic heterocycles. The molecule has 0 bridgehead atoms. The average Bonchev–Trinajstić information content (AvgIpc) is 2.58. The van der Waals surface area contributed by atoms with Crippen molar-refractivity contribution in [2.75, 3.05) is 18.1 Å². The van der Waals surface area contributed by atoms with Gasteiger partial charge in [0.25, 0.3) is 0 Å². The molecule has 11 heavy (non-hydrogen) atoms. The molecule has 1 unspecified atom stereocenters. The number of nitrogens with zero attached hydrogens (tertiary/aromatic N) is 2. The fraction of sp³-hybridized carbons (Fsp3) is 0.667. The van der Waals surface area contributed by atoms with E-state index in [1.165, 1.54) is 12.1 Å². The molecule has 0 spiro atoms. The lowest BCUT2D eigenvalue weighted by molar-refractivity contribution is 0.400. The van der Waals surface area contributed by atoms with E-state index in [0.717, 1.165) is 18.1 Å². The molecule has 2 rings (SSSR count). The van der Waals surface area contributed by atoms with E-state index in [1.54, 1.807) is 0 Å². The Balaban J connectivity index is 2.04. The zero-order valence-corrected chi connectivity index (χ0v) is 6.80. The Kier molecular flexibility index (Phi) is 2.09. The van der Waals surface area contributed by atoms with E-state index in [2.05, 4.69) is 20.0 Å². The third kappa shape index (κ3) is 1.54. The van der Waals surface area contributed by atoms with Crippen LogP contribution in [0.25, 0.3) is 0 Å². The van der Waals surface area contributed by atoms with Crippen molar-refractivity contribution in [2.24, 2.45) is 0 Å². The monoisotopic (exact) mass is 171 g/mol. The Morgan fingerprint density at radius 1 is 1.73 bits per heavy atom. The summed E-state index contributed by atoms with van der Waals surface area (Å²) >= 11 is 1.92. The molecule has 1 aliphatic rings. The van der Waals surface area contributed by atoms with Gasteiger partial charge in [0, 0.05) is 18.1 Å². The van der Waals surface area contributed by atoms with Gasteiger partial charge in [-0.15, -0.1) is 0 Å². The smallest absolute Gasteiger partial charge is 0.213 e. The van der Waals surface area contributed by atoms with Gasteiger partial charge in [0.15, 0.2) is 5.82 Å². The number of thioether (sulfide) groups is 1. The van der Waals surface area contributed by atoms with Gasteiger partial charge in [-0.2, -0.15) is 16.7 Å². The molecule has 0 aromatic carbocycles. The number of hydrogen-bond acceptors (Lipinski definition) is 5. The molecule has 60 valence electrons.